The number of piperazine rings is 1. The zero-order chi connectivity index (χ0) is 13.2. The van der Waals surface area contributed by atoms with E-state index in [4.69, 9.17) is 5.73 Å². The molecule has 0 saturated carbocycles. The van der Waals surface area contributed by atoms with Crippen LogP contribution in [0.25, 0.3) is 0 Å². The molecule has 0 aromatic carbocycles. The summed E-state index contributed by atoms with van der Waals surface area (Å²) in [6.45, 7) is 3.88. The van der Waals surface area contributed by atoms with Crippen molar-refractivity contribution in [1.29, 1.82) is 0 Å². The molecule has 0 atom stereocenters. The normalized spacial score (nSPS) is 19.2. The van der Waals surface area contributed by atoms with E-state index in [9.17, 15) is 8.42 Å². The molecule has 2 N–H and O–H groups in total. The Morgan fingerprint density at radius 2 is 2.06 bits per heavy atom. The van der Waals surface area contributed by atoms with Crippen LogP contribution in [0.3, 0.4) is 0 Å². The van der Waals surface area contributed by atoms with Gasteiger partial charge in [0, 0.05) is 44.6 Å². The van der Waals surface area contributed by atoms with Crippen molar-refractivity contribution in [1.82, 2.24) is 14.2 Å². The summed E-state index contributed by atoms with van der Waals surface area (Å²) in [6.07, 6.45) is 1.26. The first-order valence-electron chi connectivity index (χ1n) is 5.80. The third-order valence-corrected chi connectivity index (χ3v) is 5.18. The van der Waals surface area contributed by atoms with Crippen LogP contribution >= 0.6 is 11.3 Å². The largest absolute Gasteiger partial charge is 0.325 e. The molecule has 0 unspecified atom stereocenters. The molecule has 6 nitrogen and oxygen atoms in total. The van der Waals surface area contributed by atoms with Gasteiger partial charge in [-0.05, 0) is 0 Å². The van der Waals surface area contributed by atoms with E-state index < -0.39 is 10.0 Å². The fourth-order valence-corrected chi connectivity index (χ4v) is 3.46. The molecule has 8 heteroatoms. The smallest absolute Gasteiger partial charge is 0.211 e. The Morgan fingerprint density at radius 3 is 2.56 bits per heavy atom. The monoisotopic (exact) mass is 290 g/mol. The summed E-state index contributed by atoms with van der Waals surface area (Å²) in [5.74, 6) is 0. The van der Waals surface area contributed by atoms with Crippen molar-refractivity contribution < 1.29 is 8.42 Å². The third-order valence-electron chi connectivity index (χ3n) is 2.96. The summed E-state index contributed by atoms with van der Waals surface area (Å²) in [5, 5.41) is 2.96. The third kappa shape index (κ3) is 3.48. The van der Waals surface area contributed by atoms with Gasteiger partial charge >= 0.3 is 0 Å². The highest BCUT2D eigenvalue weighted by Gasteiger charge is 2.23. The van der Waals surface area contributed by atoms with E-state index in [-0.39, 0.29) is 0 Å². The maximum Gasteiger partial charge on any atom is 0.211 e. The molecule has 0 amide bonds. The van der Waals surface area contributed by atoms with Gasteiger partial charge in [-0.2, -0.15) is 4.31 Å². The minimum Gasteiger partial charge on any atom is -0.325 e. The van der Waals surface area contributed by atoms with E-state index in [1.807, 2.05) is 5.38 Å². The molecular formula is C10H18N4O2S2. The average molecular weight is 290 g/mol. The SMILES string of the molecule is CS(=O)(=O)N1CCN(Cc2csc(CN)n2)CC1. The van der Waals surface area contributed by atoms with Gasteiger partial charge in [-0.3, -0.25) is 4.90 Å². The molecule has 0 spiro atoms. The lowest BCUT2D eigenvalue weighted by molar-refractivity contribution is 0.180. The zero-order valence-corrected chi connectivity index (χ0v) is 12.0. The Kier molecular flexibility index (Phi) is 4.33. The molecule has 1 fully saturated rings. The van der Waals surface area contributed by atoms with E-state index in [0.29, 0.717) is 19.6 Å². The van der Waals surface area contributed by atoms with Crippen LogP contribution in [0.2, 0.25) is 0 Å². The van der Waals surface area contributed by atoms with Gasteiger partial charge < -0.3 is 5.73 Å². The van der Waals surface area contributed by atoms with Crippen LogP contribution in [-0.4, -0.2) is 55.0 Å². The van der Waals surface area contributed by atoms with Crippen LogP contribution in [0.15, 0.2) is 5.38 Å². The molecule has 18 heavy (non-hydrogen) atoms. The van der Waals surface area contributed by atoms with Crippen LogP contribution in [0.4, 0.5) is 0 Å². The van der Waals surface area contributed by atoms with Crippen molar-refractivity contribution in [2.24, 2.45) is 5.73 Å². The number of hydrogen-bond acceptors (Lipinski definition) is 6. The highest BCUT2D eigenvalue weighted by Crippen LogP contribution is 2.13. The average Bonchev–Trinajstić information content (AvgIpc) is 2.76. The number of rotatable bonds is 4. The lowest BCUT2D eigenvalue weighted by Gasteiger charge is -2.32. The molecule has 0 bridgehead atoms. The van der Waals surface area contributed by atoms with Crippen molar-refractivity contribution >= 4 is 21.4 Å². The number of nitrogens with two attached hydrogens (primary N) is 1. The lowest BCUT2D eigenvalue weighted by atomic mass is 10.3. The Hall–Kier alpha value is -0.540. The minimum absolute atomic E-state index is 0.479. The molecule has 2 rings (SSSR count). The number of aromatic nitrogens is 1. The molecule has 1 saturated heterocycles. The van der Waals surface area contributed by atoms with E-state index in [2.05, 4.69) is 9.88 Å². The topological polar surface area (TPSA) is 79.5 Å². The fraction of sp³-hybridized carbons (Fsp3) is 0.700. The molecule has 1 aromatic rings. The fourth-order valence-electron chi connectivity index (χ4n) is 1.96. The van der Waals surface area contributed by atoms with Crippen molar-refractivity contribution in [3.63, 3.8) is 0 Å². The first kappa shape index (κ1) is 13.9. The number of sulfonamides is 1. The first-order valence-corrected chi connectivity index (χ1v) is 8.52. The Morgan fingerprint density at radius 1 is 1.39 bits per heavy atom. The molecule has 1 aromatic heterocycles. The van der Waals surface area contributed by atoms with E-state index in [1.54, 1.807) is 11.3 Å². The molecule has 2 heterocycles. The molecule has 102 valence electrons. The summed E-state index contributed by atoms with van der Waals surface area (Å²) in [6, 6.07) is 0. The van der Waals surface area contributed by atoms with Gasteiger partial charge in [0.05, 0.1) is 11.9 Å². The first-order chi connectivity index (χ1) is 8.49. The minimum atomic E-state index is -3.05. The second-order valence-electron chi connectivity index (χ2n) is 4.37. The second-order valence-corrected chi connectivity index (χ2v) is 7.30. The predicted molar refractivity (Wildman–Crippen MR) is 71.7 cm³/mol. The van der Waals surface area contributed by atoms with Gasteiger partial charge in [-0.1, -0.05) is 0 Å². The number of nitrogens with zero attached hydrogens (tertiary/aromatic N) is 3. The van der Waals surface area contributed by atoms with E-state index in [1.165, 1.54) is 10.6 Å². The van der Waals surface area contributed by atoms with Crippen LogP contribution in [0.1, 0.15) is 10.7 Å². The van der Waals surface area contributed by atoms with Gasteiger partial charge in [0.25, 0.3) is 0 Å². The van der Waals surface area contributed by atoms with Gasteiger partial charge in [-0.15, -0.1) is 11.3 Å². The van der Waals surface area contributed by atoms with Gasteiger partial charge in [0.15, 0.2) is 0 Å². The Balaban J connectivity index is 1.87. The van der Waals surface area contributed by atoms with Crippen LogP contribution in [-0.2, 0) is 23.1 Å². The van der Waals surface area contributed by atoms with Crippen LogP contribution in [0, 0.1) is 0 Å². The summed E-state index contributed by atoms with van der Waals surface area (Å²) < 4.78 is 24.3. The van der Waals surface area contributed by atoms with Gasteiger partial charge in [0.1, 0.15) is 5.01 Å². The van der Waals surface area contributed by atoms with E-state index >= 15 is 0 Å². The summed E-state index contributed by atoms with van der Waals surface area (Å²) >= 11 is 1.57. The molecule has 0 aliphatic carbocycles. The summed E-state index contributed by atoms with van der Waals surface area (Å²) in [7, 11) is -3.05. The summed E-state index contributed by atoms with van der Waals surface area (Å²) in [4.78, 5) is 6.63. The summed E-state index contributed by atoms with van der Waals surface area (Å²) in [5.41, 5.74) is 6.54. The maximum atomic E-state index is 11.4. The highest BCUT2D eigenvalue weighted by atomic mass is 32.2. The van der Waals surface area contributed by atoms with Gasteiger partial charge in [-0.25, -0.2) is 13.4 Å². The quantitative estimate of drug-likeness (QED) is 0.822. The molecule has 0 radical (unpaired) electrons. The zero-order valence-electron chi connectivity index (χ0n) is 10.4. The number of hydrogen-bond donors (Lipinski definition) is 1. The second kappa shape index (κ2) is 5.62. The highest BCUT2D eigenvalue weighted by molar-refractivity contribution is 7.88. The van der Waals surface area contributed by atoms with E-state index in [0.717, 1.165) is 30.3 Å². The van der Waals surface area contributed by atoms with Crippen molar-refractivity contribution in [2.75, 3.05) is 32.4 Å². The van der Waals surface area contributed by atoms with Crippen molar-refractivity contribution in [3.8, 4) is 0 Å². The van der Waals surface area contributed by atoms with Crippen LogP contribution in [0.5, 0.6) is 0 Å². The number of thiazole rings is 1. The van der Waals surface area contributed by atoms with Crippen molar-refractivity contribution in [2.45, 2.75) is 13.1 Å². The molecule has 1 aliphatic heterocycles. The maximum absolute atomic E-state index is 11.4. The standard InChI is InChI=1S/C10H18N4O2S2/c1-18(15,16)14-4-2-13(3-5-14)7-9-8-17-10(6-11)12-9/h8H,2-7,11H2,1H3. The van der Waals surface area contributed by atoms with Crippen molar-refractivity contribution in [3.05, 3.63) is 16.1 Å². The predicted octanol–water partition coefficient (Wildman–Crippen LogP) is -0.321. The van der Waals surface area contributed by atoms with Crippen LogP contribution < -0.4 is 5.73 Å². The molecular weight excluding hydrogens is 272 g/mol. The van der Waals surface area contributed by atoms with Gasteiger partial charge in [0.2, 0.25) is 10.0 Å². The molecule has 1 aliphatic rings. The Bertz CT molecular complexity index is 492. The Labute approximate surface area is 111 Å². The lowest BCUT2D eigenvalue weighted by Crippen LogP contribution is -2.47.